The topological polar surface area (TPSA) is 147 Å². The summed E-state index contributed by atoms with van der Waals surface area (Å²) in [5.41, 5.74) is 1.86. The van der Waals surface area contributed by atoms with Gasteiger partial charge in [-0.3, -0.25) is 23.7 Å². The molecule has 13 nitrogen and oxygen atoms in total. The maximum absolute atomic E-state index is 16.7. The molecule has 0 radical (unpaired) electrons. The minimum atomic E-state index is -4.45. The Bertz CT molecular complexity index is 2300. The number of benzene rings is 3. The summed E-state index contributed by atoms with van der Waals surface area (Å²) in [6.45, 7) is 5.68. The molecule has 1 spiro atoms. The normalized spacial score (nSPS) is 28.3. The monoisotopic (exact) mass is 943 g/mol. The van der Waals surface area contributed by atoms with Crippen LogP contribution in [-0.2, 0) is 39.6 Å². The smallest absolute Gasteiger partial charge is 0.355 e. The van der Waals surface area contributed by atoms with E-state index in [9.17, 15) is 23.7 Å². The van der Waals surface area contributed by atoms with Crippen LogP contribution >= 0.6 is 19.3 Å². The number of carbonyl (C=O) groups is 4. The Balaban J connectivity index is 0.914. The van der Waals surface area contributed by atoms with Gasteiger partial charge >= 0.3 is 13.5 Å². The Morgan fingerprint density at radius 3 is 2.45 bits per heavy atom. The van der Waals surface area contributed by atoms with Crippen LogP contribution in [0.1, 0.15) is 107 Å². The number of fused-ring (bicyclic) bond motifs is 2. The number of rotatable bonds is 16. The van der Waals surface area contributed by atoms with E-state index in [0.29, 0.717) is 37.8 Å². The van der Waals surface area contributed by atoms with E-state index >= 15 is 4.39 Å². The zero-order valence-corrected chi connectivity index (χ0v) is 39.9. The van der Waals surface area contributed by atoms with E-state index < -0.39 is 42.8 Å². The number of hydrogen-bond acceptors (Lipinski definition) is 10. The molecule has 2 unspecified atom stereocenters. The second-order valence-corrected chi connectivity index (χ2v) is 22.6. The van der Waals surface area contributed by atoms with Crippen LogP contribution in [0.2, 0.25) is 0 Å². The van der Waals surface area contributed by atoms with E-state index in [4.69, 9.17) is 14.0 Å². The third-order valence-electron chi connectivity index (χ3n) is 14.6. The Morgan fingerprint density at radius 2 is 1.76 bits per heavy atom. The Labute approximate surface area is 391 Å². The molecule has 3 aromatic rings. The van der Waals surface area contributed by atoms with E-state index in [-0.39, 0.29) is 71.7 Å². The van der Waals surface area contributed by atoms with Gasteiger partial charge in [-0.2, -0.15) is 0 Å². The molecule has 66 heavy (non-hydrogen) atoms. The fourth-order valence-electron chi connectivity index (χ4n) is 10.8. The lowest BCUT2D eigenvalue weighted by Gasteiger charge is -2.42. The molecule has 16 heteroatoms. The minimum Gasteiger partial charge on any atom is -0.465 e. The van der Waals surface area contributed by atoms with E-state index in [1.54, 1.807) is 42.5 Å². The van der Waals surface area contributed by atoms with Crippen LogP contribution in [0.3, 0.4) is 0 Å². The molecule has 4 saturated heterocycles. The van der Waals surface area contributed by atoms with Gasteiger partial charge in [-0.05, 0) is 119 Å². The third kappa shape index (κ3) is 9.84. The Hall–Kier alpha value is -4.27. The van der Waals surface area contributed by atoms with E-state index in [1.165, 1.54) is 30.3 Å². The van der Waals surface area contributed by atoms with Gasteiger partial charge in [-0.15, -0.1) is 11.8 Å². The maximum Gasteiger partial charge on any atom is 0.355 e. The average molecular weight is 944 g/mol. The summed E-state index contributed by atoms with van der Waals surface area (Å²) in [5, 5.41) is 5.18. The van der Waals surface area contributed by atoms with Crippen molar-refractivity contribution in [1.82, 2.24) is 25.1 Å². The van der Waals surface area contributed by atoms with Crippen LogP contribution in [0.25, 0.3) is 0 Å². The number of halogens is 1. The van der Waals surface area contributed by atoms with Gasteiger partial charge < -0.3 is 34.0 Å². The number of alkyl halides is 1. The molecule has 6 aliphatic rings. The molecule has 5 fully saturated rings. The van der Waals surface area contributed by atoms with Crippen molar-refractivity contribution < 1.29 is 42.1 Å². The van der Waals surface area contributed by atoms with Gasteiger partial charge in [0.15, 0.2) is 0 Å². The van der Waals surface area contributed by atoms with Crippen LogP contribution in [0, 0.1) is 0 Å². The lowest BCUT2D eigenvalue weighted by atomic mass is 9.93. The third-order valence-corrected chi connectivity index (χ3v) is 18.1. The van der Waals surface area contributed by atoms with Gasteiger partial charge in [0, 0.05) is 48.1 Å². The first-order valence-corrected chi connectivity index (χ1v) is 26.4. The zero-order chi connectivity index (χ0) is 46.2. The number of hydrogen-bond donors (Lipinski definition) is 2. The molecule has 1 saturated carbocycles. The lowest BCUT2D eigenvalue weighted by molar-refractivity contribution is -0.149. The summed E-state index contributed by atoms with van der Waals surface area (Å²) in [6, 6.07) is 20.9. The standard InChI is InChI=1S/C50H63FN5O8PS/c1-4-24-63-49(60)32(2)53-65(61,64-39-13-9-6-10-14-39)45(51)34-15-20-43-35(26-34)27-44(66-43)46(57)52-41-18-16-37(54(3)31-40-21-25-62-40)28-38-17-19-42(56(38)47(41)58)48(59)55-30-36(29-50(55)22-23-50)33-11-7-5-8-12-33/h5-15,20,26,32,36-38,40-42,44-45H,4,16-19,21-25,27-31H2,1-3H3,(H,52,57)(H,53,61)/t32-,36+,37-,38+,40-,41-,42-,44?,45-,65?/m0/s1. The number of nitrogens with zero attached hydrogens (tertiary/aromatic N) is 3. The first-order chi connectivity index (χ1) is 31.8. The van der Waals surface area contributed by atoms with Crippen LogP contribution in [0.4, 0.5) is 4.39 Å². The molecule has 3 aromatic carbocycles. The van der Waals surface area contributed by atoms with Gasteiger partial charge in [0.25, 0.3) is 0 Å². The second-order valence-electron chi connectivity index (χ2n) is 19.3. The molecule has 5 aliphatic heterocycles. The fraction of sp³-hybridized carbons (Fsp3) is 0.560. The summed E-state index contributed by atoms with van der Waals surface area (Å²) >= 11 is 1.34. The number of carbonyl (C=O) groups excluding carboxylic acids is 4. The van der Waals surface area contributed by atoms with Gasteiger partial charge in [-0.1, -0.05) is 67.6 Å². The summed E-state index contributed by atoms with van der Waals surface area (Å²) in [6.07, 6.45) is 8.12. The molecule has 10 atom stereocenters. The summed E-state index contributed by atoms with van der Waals surface area (Å²) in [5.74, 6) is -2.89. The van der Waals surface area contributed by atoms with Crippen molar-refractivity contribution in [1.29, 1.82) is 0 Å². The number of likely N-dealkylation sites (tertiary alicyclic amines) is 1. The van der Waals surface area contributed by atoms with Crippen LogP contribution in [0.5, 0.6) is 5.75 Å². The molecule has 0 aromatic heterocycles. The van der Waals surface area contributed by atoms with Crippen molar-refractivity contribution >= 4 is 43.0 Å². The first kappa shape index (κ1) is 46.8. The molecule has 354 valence electrons. The molecule has 3 amide bonds. The predicted octanol–water partition coefficient (Wildman–Crippen LogP) is 7.54. The van der Waals surface area contributed by atoms with Gasteiger partial charge in [-0.25, -0.2) is 9.48 Å². The zero-order valence-electron chi connectivity index (χ0n) is 38.1. The Kier molecular flexibility index (Phi) is 14.0. The second kappa shape index (κ2) is 19.8. The van der Waals surface area contributed by atoms with Gasteiger partial charge in [0.1, 0.15) is 23.9 Å². The molecular weight excluding hydrogens is 881 g/mol. The molecule has 5 heterocycles. The maximum atomic E-state index is 16.7. The van der Waals surface area contributed by atoms with Gasteiger partial charge in [0.2, 0.25) is 23.6 Å². The van der Waals surface area contributed by atoms with Crippen LogP contribution in [-0.4, -0.2) is 119 Å². The summed E-state index contributed by atoms with van der Waals surface area (Å²) in [4.78, 5) is 63.9. The number of para-hydroxylation sites is 1. The fourth-order valence-corrected chi connectivity index (χ4v) is 13.9. The molecular formula is C50H63FN5O8PS. The predicted molar refractivity (Wildman–Crippen MR) is 250 cm³/mol. The van der Waals surface area contributed by atoms with Crippen molar-refractivity contribution in [3.63, 3.8) is 0 Å². The van der Waals surface area contributed by atoms with E-state index in [0.717, 1.165) is 56.6 Å². The van der Waals surface area contributed by atoms with Crippen molar-refractivity contribution in [2.45, 2.75) is 148 Å². The number of thioether (sulfide) groups is 1. The van der Waals surface area contributed by atoms with Crippen molar-refractivity contribution in [2.24, 2.45) is 0 Å². The molecule has 2 N–H and O–H groups in total. The average Bonchev–Trinajstić information content (AvgIpc) is 3.58. The summed E-state index contributed by atoms with van der Waals surface area (Å²) < 4.78 is 48.1. The number of likely N-dealkylation sites (N-methyl/N-ethyl adjacent to an activating group) is 1. The number of esters is 1. The van der Waals surface area contributed by atoms with Crippen molar-refractivity contribution in [3.05, 3.63) is 95.6 Å². The van der Waals surface area contributed by atoms with Crippen LogP contribution < -0.4 is 14.9 Å². The molecule has 9 rings (SSSR count). The van der Waals surface area contributed by atoms with E-state index in [2.05, 4.69) is 51.5 Å². The molecule has 0 bridgehead atoms. The number of nitrogens with one attached hydrogen (secondary N) is 2. The van der Waals surface area contributed by atoms with Crippen molar-refractivity contribution in [3.8, 4) is 5.75 Å². The minimum absolute atomic E-state index is 0.0313. The highest BCUT2D eigenvalue weighted by molar-refractivity contribution is 8.01. The van der Waals surface area contributed by atoms with Crippen molar-refractivity contribution in [2.75, 3.05) is 33.4 Å². The number of ether oxygens (including phenoxy) is 2. The highest BCUT2D eigenvalue weighted by Crippen LogP contribution is 2.58. The first-order valence-electron chi connectivity index (χ1n) is 23.9. The number of amides is 3. The van der Waals surface area contributed by atoms with Crippen LogP contribution in [0.15, 0.2) is 83.8 Å². The Morgan fingerprint density at radius 1 is 1.02 bits per heavy atom. The molecule has 1 aliphatic carbocycles. The highest BCUT2D eigenvalue weighted by atomic mass is 32.2. The lowest BCUT2D eigenvalue weighted by Crippen LogP contribution is -2.59. The summed E-state index contributed by atoms with van der Waals surface area (Å²) in [7, 11) is -2.33. The largest absolute Gasteiger partial charge is 0.465 e. The van der Waals surface area contributed by atoms with E-state index in [1.807, 2.05) is 17.9 Å². The van der Waals surface area contributed by atoms with Gasteiger partial charge in [0.05, 0.1) is 18.0 Å². The highest BCUT2D eigenvalue weighted by Gasteiger charge is 2.59. The SMILES string of the molecule is CCCOC(=O)[C@H](C)NP(=O)(Oc1ccccc1)[C@H](F)c1ccc2c(c1)CC(C(=O)N[C@H]1CC[C@H](N(C)C[C@@H]3CCO3)C[C@H]3CC[C@@H](C(=O)N4C[C@H](c5ccccc5)CC45CC5)N3C1=O)S2. The quantitative estimate of drug-likeness (QED) is 0.109.